The fraction of sp³-hybridized carbons (Fsp3) is 0.483. The second-order valence-electron chi connectivity index (χ2n) is 10.9. The maximum atomic E-state index is 15.0. The molecule has 7 rings (SSSR count). The van der Waals surface area contributed by atoms with Crippen LogP contribution in [0.2, 0.25) is 0 Å². The number of carbonyl (C=O) groups excluding carboxylic acids is 1. The van der Waals surface area contributed by atoms with Crippen molar-refractivity contribution in [1.29, 1.82) is 0 Å². The Morgan fingerprint density at radius 3 is 2.69 bits per heavy atom. The van der Waals surface area contributed by atoms with E-state index in [1.807, 2.05) is 30.3 Å². The van der Waals surface area contributed by atoms with Gasteiger partial charge in [0, 0.05) is 17.2 Å². The molecule has 3 saturated heterocycles. The number of benzene rings is 1. The van der Waals surface area contributed by atoms with Crippen molar-refractivity contribution in [1.82, 2.24) is 15.3 Å². The van der Waals surface area contributed by atoms with Gasteiger partial charge in [-0.1, -0.05) is 30.3 Å². The molecule has 3 N–H and O–H groups in total. The number of nitrogens with zero attached hydrogens (tertiary/aromatic N) is 2. The molecular weight excluding hydrogens is 503 g/mol. The van der Waals surface area contributed by atoms with Gasteiger partial charge in [0.2, 0.25) is 5.88 Å². The van der Waals surface area contributed by atoms with Crippen molar-refractivity contribution in [3.05, 3.63) is 65.6 Å². The molecule has 1 aromatic carbocycles. The lowest BCUT2D eigenvalue weighted by molar-refractivity contribution is -0.156. The number of aryl methyl sites for hydroxylation is 1. The molecule has 206 valence electrons. The van der Waals surface area contributed by atoms with E-state index in [2.05, 4.69) is 15.3 Å². The van der Waals surface area contributed by atoms with Crippen LogP contribution in [0.15, 0.2) is 48.7 Å². The van der Waals surface area contributed by atoms with Gasteiger partial charge in [0.1, 0.15) is 25.1 Å². The van der Waals surface area contributed by atoms with Crippen molar-refractivity contribution in [3.8, 4) is 5.88 Å². The number of ether oxygens (including phenoxy) is 4. The number of amides is 1. The van der Waals surface area contributed by atoms with Crippen LogP contribution in [0, 0.1) is 5.82 Å². The van der Waals surface area contributed by atoms with Crippen molar-refractivity contribution in [2.75, 3.05) is 19.8 Å². The quantitative estimate of drug-likeness (QED) is 0.424. The largest absolute Gasteiger partial charge is 0.475 e. The number of halogens is 1. The van der Waals surface area contributed by atoms with E-state index in [1.54, 1.807) is 12.1 Å². The van der Waals surface area contributed by atoms with Gasteiger partial charge in [-0.25, -0.2) is 14.2 Å². The van der Waals surface area contributed by atoms with E-state index in [0.29, 0.717) is 48.5 Å². The number of carbonyl (C=O) groups is 1. The third kappa shape index (κ3) is 5.68. The summed E-state index contributed by atoms with van der Waals surface area (Å²) in [5.74, 6) is -0.0429. The number of fused-ring (bicyclic) bond motifs is 4. The molecule has 39 heavy (non-hydrogen) atoms. The zero-order chi connectivity index (χ0) is 26.9. The molecule has 0 radical (unpaired) electrons. The highest BCUT2D eigenvalue weighted by molar-refractivity contribution is 5.78. The summed E-state index contributed by atoms with van der Waals surface area (Å²) in [4.78, 5) is 21.0. The number of hydrogen-bond acceptors (Lipinski definition) is 8. The first-order chi connectivity index (χ1) is 18.9. The van der Waals surface area contributed by atoms with Crippen LogP contribution >= 0.6 is 0 Å². The molecule has 0 spiro atoms. The summed E-state index contributed by atoms with van der Waals surface area (Å²) < 4.78 is 37.9. The molecule has 1 aliphatic carbocycles. The van der Waals surface area contributed by atoms with Gasteiger partial charge in [0.25, 0.3) is 0 Å². The van der Waals surface area contributed by atoms with Crippen LogP contribution in [0.5, 0.6) is 5.88 Å². The third-order valence-corrected chi connectivity index (χ3v) is 8.24. The van der Waals surface area contributed by atoms with E-state index in [4.69, 9.17) is 24.7 Å². The maximum absolute atomic E-state index is 15.0. The highest BCUT2D eigenvalue weighted by Gasteiger charge is 2.47. The molecule has 1 saturated carbocycles. The monoisotopic (exact) mass is 536 g/mol. The minimum Gasteiger partial charge on any atom is -0.475 e. The SMILES string of the molecule is NC12CCC(CCc3c(F)cnc4ccc(OC[C@@H]5OC[C@@H]5NC(=O)OCc5ccccc5)nc34)(CC1)OC2. The van der Waals surface area contributed by atoms with Crippen molar-refractivity contribution in [2.24, 2.45) is 5.73 Å². The summed E-state index contributed by atoms with van der Waals surface area (Å²) in [6, 6.07) is 12.7. The Bertz CT molecular complexity index is 1320. The van der Waals surface area contributed by atoms with Crippen LogP contribution in [-0.2, 0) is 27.2 Å². The molecule has 9 nitrogen and oxygen atoms in total. The molecule has 4 aliphatic rings. The lowest BCUT2D eigenvalue weighted by Crippen LogP contribution is -2.59. The van der Waals surface area contributed by atoms with E-state index in [9.17, 15) is 9.18 Å². The smallest absolute Gasteiger partial charge is 0.407 e. The van der Waals surface area contributed by atoms with E-state index in [-0.39, 0.29) is 42.3 Å². The Labute approximate surface area is 226 Å². The average molecular weight is 537 g/mol. The number of alkyl carbamates (subject to hydrolysis) is 1. The number of hydrogen-bond donors (Lipinski definition) is 2. The molecule has 0 unspecified atom stereocenters. The van der Waals surface area contributed by atoms with Crippen molar-refractivity contribution in [3.63, 3.8) is 0 Å². The average Bonchev–Trinajstić information content (AvgIpc) is 2.95. The first-order valence-corrected chi connectivity index (χ1v) is 13.5. The summed E-state index contributed by atoms with van der Waals surface area (Å²) in [7, 11) is 0. The Balaban J connectivity index is 1.06. The fourth-order valence-electron chi connectivity index (χ4n) is 5.57. The second kappa shape index (κ2) is 10.7. The van der Waals surface area contributed by atoms with Crippen LogP contribution in [0.25, 0.3) is 11.0 Å². The Morgan fingerprint density at radius 2 is 1.97 bits per heavy atom. The number of rotatable bonds is 9. The summed E-state index contributed by atoms with van der Waals surface area (Å²) >= 11 is 0. The van der Waals surface area contributed by atoms with Crippen molar-refractivity contribution >= 4 is 17.1 Å². The predicted octanol–water partition coefficient (Wildman–Crippen LogP) is 3.81. The number of aromatic nitrogens is 2. The lowest BCUT2D eigenvalue weighted by atomic mass is 9.70. The summed E-state index contributed by atoms with van der Waals surface area (Å²) in [5.41, 5.74) is 8.42. The number of nitrogens with one attached hydrogen (secondary N) is 1. The highest BCUT2D eigenvalue weighted by atomic mass is 19.1. The van der Waals surface area contributed by atoms with Gasteiger partial charge >= 0.3 is 6.09 Å². The second-order valence-corrected chi connectivity index (χ2v) is 10.9. The van der Waals surface area contributed by atoms with E-state index in [0.717, 1.165) is 31.2 Å². The van der Waals surface area contributed by atoms with Gasteiger partial charge in [-0.3, -0.25) is 4.98 Å². The van der Waals surface area contributed by atoms with Crippen molar-refractivity contribution in [2.45, 2.75) is 68.4 Å². The molecule has 2 bridgehead atoms. The molecular formula is C29H33FN4O5. The number of nitrogens with two attached hydrogens (primary N) is 1. The summed E-state index contributed by atoms with van der Waals surface area (Å²) in [5, 5.41) is 2.82. The van der Waals surface area contributed by atoms with Crippen LogP contribution in [-0.4, -0.2) is 59.2 Å². The molecule has 3 aromatic rings. The minimum absolute atomic E-state index is 0.179. The Hall–Kier alpha value is -3.34. The van der Waals surface area contributed by atoms with Gasteiger partial charge in [-0.15, -0.1) is 0 Å². The zero-order valence-corrected chi connectivity index (χ0v) is 21.7. The van der Waals surface area contributed by atoms with Gasteiger partial charge < -0.3 is 30.0 Å². The number of pyridine rings is 2. The maximum Gasteiger partial charge on any atom is 0.407 e. The molecule has 2 aromatic heterocycles. The lowest BCUT2D eigenvalue weighted by Gasteiger charge is -2.51. The normalized spacial score (nSPS) is 27.6. The molecule has 2 atom stereocenters. The predicted molar refractivity (Wildman–Crippen MR) is 141 cm³/mol. The first-order valence-electron chi connectivity index (χ1n) is 13.5. The Kier molecular flexibility index (Phi) is 7.09. The summed E-state index contributed by atoms with van der Waals surface area (Å²) in [6.45, 7) is 1.30. The van der Waals surface area contributed by atoms with Crippen LogP contribution < -0.4 is 15.8 Å². The zero-order valence-electron chi connectivity index (χ0n) is 21.7. The van der Waals surface area contributed by atoms with E-state index < -0.39 is 6.09 Å². The van der Waals surface area contributed by atoms with Crippen LogP contribution in [0.1, 0.15) is 43.2 Å². The highest BCUT2D eigenvalue weighted by Crippen LogP contribution is 2.45. The standard InChI is InChI=1S/C29H33FN4O5/c30-21-14-32-22-6-7-25(34-26(22)20(21)8-9-29-12-10-28(31,11-13-29)18-39-29)37-17-24-23(16-36-24)33-27(35)38-15-19-4-2-1-3-5-19/h1-7,14,23-24H,8-13,15-18,31H2,(H,33,35)/t23-,24-,28?,29?/m0/s1. The molecule has 5 heterocycles. The van der Waals surface area contributed by atoms with E-state index in [1.165, 1.54) is 6.20 Å². The first kappa shape index (κ1) is 25.9. The van der Waals surface area contributed by atoms with Gasteiger partial charge in [0.15, 0.2) is 0 Å². The van der Waals surface area contributed by atoms with E-state index >= 15 is 0 Å². The van der Waals surface area contributed by atoms with Gasteiger partial charge in [0.05, 0.1) is 42.1 Å². The van der Waals surface area contributed by atoms with Gasteiger partial charge in [-0.05, 0) is 50.2 Å². The fourth-order valence-corrected chi connectivity index (χ4v) is 5.57. The minimum atomic E-state index is -0.510. The topological polar surface area (TPSA) is 118 Å². The molecule has 4 fully saturated rings. The third-order valence-electron chi connectivity index (χ3n) is 8.24. The molecule has 3 aliphatic heterocycles. The molecule has 1 amide bonds. The Morgan fingerprint density at radius 1 is 1.15 bits per heavy atom. The van der Waals surface area contributed by atoms with Gasteiger partial charge in [-0.2, -0.15) is 0 Å². The summed E-state index contributed by atoms with van der Waals surface area (Å²) in [6.07, 6.45) is 5.25. The van der Waals surface area contributed by atoms with Crippen LogP contribution in [0.3, 0.4) is 0 Å². The molecule has 10 heteroatoms. The van der Waals surface area contributed by atoms with Crippen molar-refractivity contribution < 1.29 is 28.1 Å². The van der Waals surface area contributed by atoms with Crippen LogP contribution in [0.4, 0.5) is 9.18 Å².